The number of benzene rings is 1. The average molecular weight is 210 g/mol. The highest BCUT2D eigenvalue weighted by Gasteiger charge is 2.29. The molecule has 1 nitrogen and oxygen atoms in total. The number of hydrogen-bond donors (Lipinski definition) is 0. The lowest BCUT2D eigenvalue weighted by Crippen LogP contribution is -2.13. The molecule has 2 rings (SSSR count). The highest BCUT2D eigenvalue weighted by Crippen LogP contribution is 2.34. The Balaban J connectivity index is 2.27. The minimum atomic E-state index is 0.605. The largest absolute Gasteiger partial charge is 0.305 e. The van der Waals surface area contributed by atoms with Gasteiger partial charge in [-0.3, -0.25) is 0 Å². The fourth-order valence-electron chi connectivity index (χ4n) is 2.39. The first kappa shape index (κ1) is 10.0. The summed E-state index contributed by atoms with van der Waals surface area (Å²) in [5.41, 5.74) is 1.31. The van der Waals surface area contributed by atoms with Crippen LogP contribution < -0.4 is 0 Å². The predicted molar refractivity (Wildman–Crippen MR) is 60.9 cm³/mol. The van der Waals surface area contributed by atoms with Crippen LogP contribution in [-0.2, 0) is 0 Å². The molecule has 0 spiro atoms. The highest BCUT2D eigenvalue weighted by molar-refractivity contribution is 6.31. The minimum absolute atomic E-state index is 0.605. The first-order chi connectivity index (χ1) is 6.68. The number of rotatable bonds is 1. The van der Waals surface area contributed by atoms with E-state index in [-0.39, 0.29) is 0 Å². The second-order valence-corrected chi connectivity index (χ2v) is 4.73. The van der Waals surface area contributed by atoms with Crippen LogP contribution in [0.1, 0.15) is 18.4 Å². The zero-order chi connectivity index (χ0) is 10.1. The van der Waals surface area contributed by atoms with Crippen LogP contribution in [-0.4, -0.2) is 25.0 Å². The van der Waals surface area contributed by atoms with Crippen molar-refractivity contribution < 1.29 is 0 Å². The fourth-order valence-corrected chi connectivity index (χ4v) is 2.67. The van der Waals surface area contributed by atoms with Crippen LogP contribution in [0.2, 0.25) is 5.02 Å². The molecule has 14 heavy (non-hydrogen) atoms. The molecule has 0 bridgehead atoms. The summed E-state index contributed by atoms with van der Waals surface area (Å²) in [5.74, 6) is 1.31. The Morgan fingerprint density at radius 1 is 1.29 bits per heavy atom. The van der Waals surface area contributed by atoms with Crippen LogP contribution in [0.3, 0.4) is 0 Å². The van der Waals surface area contributed by atoms with Gasteiger partial charge in [0.1, 0.15) is 0 Å². The maximum Gasteiger partial charge on any atom is 0.0441 e. The SMILES string of the molecule is CC1CN(C)C[C@H]1c1ccccc1Cl. The highest BCUT2D eigenvalue weighted by atomic mass is 35.5. The van der Waals surface area contributed by atoms with E-state index in [1.807, 2.05) is 12.1 Å². The first-order valence-electron chi connectivity index (χ1n) is 5.11. The van der Waals surface area contributed by atoms with Gasteiger partial charge in [0.15, 0.2) is 0 Å². The van der Waals surface area contributed by atoms with Gasteiger partial charge in [0.05, 0.1) is 0 Å². The van der Waals surface area contributed by atoms with Crippen molar-refractivity contribution in [1.82, 2.24) is 4.90 Å². The molecule has 76 valence electrons. The van der Waals surface area contributed by atoms with E-state index in [9.17, 15) is 0 Å². The van der Waals surface area contributed by atoms with E-state index >= 15 is 0 Å². The van der Waals surface area contributed by atoms with E-state index in [1.165, 1.54) is 12.1 Å². The molecule has 0 radical (unpaired) electrons. The van der Waals surface area contributed by atoms with E-state index in [1.54, 1.807) is 0 Å². The van der Waals surface area contributed by atoms with Gasteiger partial charge in [-0.25, -0.2) is 0 Å². The van der Waals surface area contributed by atoms with E-state index in [2.05, 4.69) is 31.0 Å². The average Bonchev–Trinajstić information content (AvgIpc) is 2.46. The predicted octanol–water partition coefficient (Wildman–Crippen LogP) is 3.01. The fraction of sp³-hybridized carbons (Fsp3) is 0.500. The second-order valence-electron chi connectivity index (χ2n) is 4.33. The number of likely N-dealkylation sites (tertiary alicyclic amines) is 1. The lowest BCUT2D eigenvalue weighted by atomic mass is 9.90. The molecule has 0 aliphatic carbocycles. The quantitative estimate of drug-likeness (QED) is 0.688. The third kappa shape index (κ3) is 1.79. The molecular formula is C12H16ClN. The number of halogens is 1. The van der Waals surface area contributed by atoms with Gasteiger partial charge < -0.3 is 4.90 Å². The molecule has 2 heteroatoms. The third-order valence-corrected chi connectivity index (χ3v) is 3.44. The van der Waals surface area contributed by atoms with Gasteiger partial charge in [0.25, 0.3) is 0 Å². The molecule has 2 atom stereocenters. The Morgan fingerprint density at radius 2 is 2.00 bits per heavy atom. The molecule has 1 unspecified atom stereocenters. The number of nitrogens with zero attached hydrogens (tertiary/aromatic N) is 1. The van der Waals surface area contributed by atoms with Crippen molar-refractivity contribution in [3.8, 4) is 0 Å². The molecular weight excluding hydrogens is 194 g/mol. The zero-order valence-corrected chi connectivity index (χ0v) is 9.46. The summed E-state index contributed by atoms with van der Waals surface area (Å²) >= 11 is 6.20. The van der Waals surface area contributed by atoms with Crippen molar-refractivity contribution in [3.05, 3.63) is 34.9 Å². The van der Waals surface area contributed by atoms with Gasteiger partial charge in [-0.2, -0.15) is 0 Å². The number of hydrogen-bond acceptors (Lipinski definition) is 1. The summed E-state index contributed by atoms with van der Waals surface area (Å²) < 4.78 is 0. The standard InChI is InChI=1S/C12H16ClN/c1-9-7-14(2)8-11(9)10-5-3-4-6-12(10)13/h3-6,9,11H,7-8H2,1-2H3/t9?,11-/m1/s1. The van der Waals surface area contributed by atoms with Gasteiger partial charge in [-0.1, -0.05) is 36.7 Å². The van der Waals surface area contributed by atoms with Crippen LogP contribution in [0.25, 0.3) is 0 Å². The summed E-state index contributed by atoms with van der Waals surface area (Å²) in [7, 11) is 2.17. The normalized spacial score (nSPS) is 28.2. The third-order valence-electron chi connectivity index (χ3n) is 3.10. The molecule has 0 N–H and O–H groups in total. The maximum atomic E-state index is 6.20. The Labute approximate surface area is 90.7 Å². The molecule has 0 aromatic heterocycles. The maximum absolute atomic E-state index is 6.20. The molecule has 0 amide bonds. The van der Waals surface area contributed by atoms with Crippen LogP contribution in [0.5, 0.6) is 0 Å². The van der Waals surface area contributed by atoms with Gasteiger partial charge in [-0.05, 0) is 24.6 Å². The van der Waals surface area contributed by atoms with Crippen LogP contribution in [0.4, 0.5) is 0 Å². The molecule has 1 heterocycles. The summed E-state index contributed by atoms with van der Waals surface area (Å²) in [6.45, 7) is 4.61. The zero-order valence-electron chi connectivity index (χ0n) is 8.70. The monoisotopic (exact) mass is 209 g/mol. The van der Waals surface area contributed by atoms with Gasteiger partial charge in [0.2, 0.25) is 0 Å². The number of likely N-dealkylation sites (N-methyl/N-ethyl adjacent to an activating group) is 1. The van der Waals surface area contributed by atoms with Crippen molar-refractivity contribution in [3.63, 3.8) is 0 Å². The first-order valence-corrected chi connectivity index (χ1v) is 5.49. The minimum Gasteiger partial charge on any atom is -0.305 e. The molecule has 1 aromatic carbocycles. The van der Waals surface area contributed by atoms with E-state index in [4.69, 9.17) is 11.6 Å². The van der Waals surface area contributed by atoms with Crippen molar-refractivity contribution in [2.24, 2.45) is 5.92 Å². The topological polar surface area (TPSA) is 3.24 Å². The van der Waals surface area contributed by atoms with Crippen molar-refractivity contribution in [2.45, 2.75) is 12.8 Å². The van der Waals surface area contributed by atoms with Crippen LogP contribution >= 0.6 is 11.6 Å². The van der Waals surface area contributed by atoms with Crippen molar-refractivity contribution in [1.29, 1.82) is 0 Å². The molecule has 1 fully saturated rings. The Morgan fingerprint density at radius 3 is 2.57 bits per heavy atom. The molecule has 1 saturated heterocycles. The van der Waals surface area contributed by atoms with Gasteiger partial charge in [-0.15, -0.1) is 0 Å². The molecule has 1 aromatic rings. The van der Waals surface area contributed by atoms with Crippen molar-refractivity contribution in [2.75, 3.05) is 20.1 Å². The van der Waals surface area contributed by atoms with Crippen LogP contribution in [0.15, 0.2) is 24.3 Å². The van der Waals surface area contributed by atoms with Crippen LogP contribution in [0, 0.1) is 5.92 Å². The van der Waals surface area contributed by atoms with Crippen molar-refractivity contribution >= 4 is 11.6 Å². The summed E-state index contributed by atoms with van der Waals surface area (Å²) in [5, 5.41) is 0.916. The molecule has 0 saturated carbocycles. The lowest BCUT2D eigenvalue weighted by Gasteiger charge is -2.15. The summed E-state index contributed by atoms with van der Waals surface area (Å²) in [6.07, 6.45) is 0. The lowest BCUT2D eigenvalue weighted by molar-refractivity contribution is 0.401. The van der Waals surface area contributed by atoms with E-state index in [0.29, 0.717) is 11.8 Å². The molecule has 1 aliphatic rings. The molecule has 1 aliphatic heterocycles. The Kier molecular flexibility index (Phi) is 2.80. The van der Waals surface area contributed by atoms with E-state index < -0.39 is 0 Å². The van der Waals surface area contributed by atoms with E-state index in [0.717, 1.165) is 11.6 Å². The summed E-state index contributed by atoms with van der Waals surface area (Å²) in [4.78, 5) is 2.37. The van der Waals surface area contributed by atoms with Gasteiger partial charge >= 0.3 is 0 Å². The summed E-state index contributed by atoms with van der Waals surface area (Å²) in [6, 6.07) is 8.21. The second kappa shape index (κ2) is 3.92. The Bertz CT molecular complexity index is 324. The Hall–Kier alpha value is -0.530. The smallest absolute Gasteiger partial charge is 0.0441 e. The van der Waals surface area contributed by atoms with Gasteiger partial charge in [0, 0.05) is 24.0 Å².